The lowest BCUT2D eigenvalue weighted by Gasteiger charge is -2.34. The fraction of sp³-hybridized carbons (Fsp3) is 0.909. The summed E-state index contributed by atoms with van der Waals surface area (Å²) in [5, 5.41) is 8.59. The zero-order valence-electron chi connectivity index (χ0n) is 9.19. The summed E-state index contributed by atoms with van der Waals surface area (Å²) >= 11 is 0. The highest BCUT2D eigenvalue weighted by Crippen LogP contribution is 2.14. The first-order valence-corrected chi connectivity index (χ1v) is 5.82. The standard InChI is InChI=1S/C11H19N3O/c12-3-4-13-5-7-14(8-6-13)10-11-2-1-9-15-11/h11H,1-2,4-10H2. The highest BCUT2D eigenvalue weighted by Gasteiger charge is 2.22. The van der Waals surface area contributed by atoms with Crippen LogP contribution in [0.1, 0.15) is 12.8 Å². The van der Waals surface area contributed by atoms with Crippen LogP contribution in [0.3, 0.4) is 0 Å². The molecule has 0 aliphatic carbocycles. The highest BCUT2D eigenvalue weighted by atomic mass is 16.5. The van der Waals surface area contributed by atoms with E-state index < -0.39 is 0 Å². The molecule has 4 nitrogen and oxygen atoms in total. The van der Waals surface area contributed by atoms with E-state index in [-0.39, 0.29) is 0 Å². The molecule has 4 heteroatoms. The molecule has 0 spiro atoms. The average Bonchev–Trinajstić information content (AvgIpc) is 2.74. The number of hydrogen-bond acceptors (Lipinski definition) is 4. The maximum atomic E-state index is 8.59. The van der Waals surface area contributed by atoms with E-state index in [0.29, 0.717) is 12.6 Å². The Balaban J connectivity index is 1.67. The Morgan fingerprint density at radius 1 is 1.20 bits per heavy atom. The van der Waals surface area contributed by atoms with Gasteiger partial charge >= 0.3 is 0 Å². The molecule has 2 rings (SSSR count). The Kier molecular flexibility index (Phi) is 3.95. The molecule has 2 aliphatic rings. The molecular formula is C11H19N3O. The van der Waals surface area contributed by atoms with E-state index >= 15 is 0 Å². The Bertz CT molecular complexity index is 224. The second-order valence-electron chi connectivity index (χ2n) is 4.37. The molecule has 2 heterocycles. The lowest BCUT2D eigenvalue weighted by molar-refractivity contribution is 0.0529. The maximum Gasteiger partial charge on any atom is 0.0866 e. The molecule has 84 valence electrons. The van der Waals surface area contributed by atoms with Crippen LogP contribution in [0.5, 0.6) is 0 Å². The van der Waals surface area contributed by atoms with Crippen LogP contribution in [-0.2, 0) is 4.74 Å². The fourth-order valence-corrected chi connectivity index (χ4v) is 2.31. The minimum absolute atomic E-state index is 0.465. The van der Waals surface area contributed by atoms with Crippen LogP contribution in [0, 0.1) is 11.3 Å². The average molecular weight is 209 g/mol. The van der Waals surface area contributed by atoms with Crippen LogP contribution in [0.25, 0.3) is 0 Å². The van der Waals surface area contributed by atoms with Gasteiger partial charge in [0.2, 0.25) is 0 Å². The van der Waals surface area contributed by atoms with Crippen LogP contribution >= 0.6 is 0 Å². The van der Waals surface area contributed by atoms with Gasteiger partial charge in [-0.05, 0) is 12.8 Å². The first-order chi connectivity index (χ1) is 7.38. The summed E-state index contributed by atoms with van der Waals surface area (Å²) in [4.78, 5) is 4.68. The van der Waals surface area contributed by atoms with Gasteiger partial charge in [-0.2, -0.15) is 5.26 Å². The SMILES string of the molecule is N#CCN1CCN(CC2CCCO2)CC1. The predicted molar refractivity (Wildman–Crippen MR) is 57.5 cm³/mol. The Morgan fingerprint density at radius 2 is 1.93 bits per heavy atom. The first-order valence-electron chi connectivity index (χ1n) is 5.82. The maximum absolute atomic E-state index is 8.59. The molecule has 0 radical (unpaired) electrons. The van der Waals surface area contributed by atoms with Crippen molar-refractivity contribution >= 4 is 0 Å². The van der Waals surface area contributed by atoms with Crippen molar-refractivity contribution in [3.63, 3.8) is 0 Å². The second-order valence-corrected chi connectivity index (χ2v) is 4.37. The molecule has 0 aromatic carbocycles. The van der Waals surface area contributed by atoms with Crippen LogP contribution in [0.2, 0.25) is 0 Å². The van der Waals surface area contributed by atoms with Gasteiger partial charge < -0.3 is 4.74 Å². The van der Waals surface area contributed by atoms with Gasteiger partial charge in [-0.1, -0.05) is 0 Å². The molecule has 0 amide bonds. The van der Waals surface area contributed by atoms with Crippen LogP contribution in [0.4, 0.5) is 0 Å². The zero-order valence-corrected chi connectivity index (χ0v) is 9.19. The van der Waals surface area contributed by atoms with Crippen molar-refractivity contribution in [1.29, 1.82) is 5.26 Å². The molecule has 2 aliphatic heterocycles. The largest absolute Gasteiger partial charge is 0.377 e. The van der Waals surface area contributed by atoms with Crippen molar-refractivity contribution in [1.82, 2.24) is 9.80 Å². The molecule has 0 saturated carbocycles. The Hall–Kier alpha value is -0.630. The minimum atomic E-state index is 0.465. The molecule has 1 atom stereocenters. The van der Waals surface area contributed by atoms with E-state index in [0.717, 1.165) is 39.3 Å². The van der Waals surface area contributed by atoms with Gasteiger partial charge in [0.15, 0.2) is 0 Å². The van der Waals surface area contributed by atoms with E-state index in [1.165, 1.54) is 12.8 Å². The van der Waals surface area contributed by atoms with Gasteiger partial charge in [-0.15, -0.1) is 0 Å². The van der Waals surface area contributed by atoms with Gasteiger partial charge in [0, 0.05) is 39.3 Å². The molecule has 2 fully saturated rings. The van der Waals surface area contributed by atoms with Gasteiger partial charge in [0.05, 0.1) is 18.7 Å². The summed E-state index contributed by atoms with van der Waals surface area (Å²) in [7, 11) is 0. The molecule has 0 bridgehead atoms. The summed E-state index contributed by atoms with van der Waals surface area (Å²) in [6, 6.07) is 2.21. The third-order valence-corrected chi connectivity index (χ3v) is 3.25. The number of hydrogen-bond donors (Lipinski definition) is 0. The second kappa shape index (κ2) is 5.45. The van der Waals surface area contributed by atoms with Crippen molar-refractivity contribution in [3.8, 4) is 6.07 Å². The Labute approximate surface area is 91.4 Å². The van der Waals surface area contributed by atoms with E-state index in [4.69, 9.17) is 10.00 Å². The quantitative estimate of drug-likeness (QED) is 0.627. The van der Waals surface area contributed by atoms with Crippen LogP contribution in [0.15, 0.2) is 0 Å². The van der Waals surface area contributed by atoms with Crippen molar-refractivity contribution in [2.75, 3.05) is 45.9 Å². The number of nitrogens with zero attached hydrogens (tertiary/aromatic N) is 3. The van der Waals surface area contributed by atoms with Gasteiger partial charge in [-0.25, -0.2) is 0 Å². The summed E-state index contributed by atoms with van der Waals surface area (Å²) in [5.74, 6) is 0. The zero-order chi connectivity index (χ0) is 10.5. The molecule has 15 heavy (non-hydrogen) atoms. The molecule has 0 N–H and O–H groups in total. The third kappa shape index (κ3) is 3.16. The topological polar surface area (TPSA) is 39.5 Å². The molecule has 0 aromatic rings. The van der Waals surface area contributed by atoms with Crippen molar-refractivity contribution in [3.05, 3.63) is 0 Å². The summed E-state index contributed by atoms with van der Waals surface area (Å²) in [6.07, 6.45) is 2.91. The van der Waals surface area contributed by atoms with E-state index in [1.54, 1.807) is 0 Å². The lowest BCUT2D eigenvalue weighted by atomic mass is 10.2. The summed E-state index contributed by atoms with van der Waals surface area (Å²) in [6.45, 7) is 6.83. The first kappa shape index (κ1) is 10.9. The lowest BCUT2D eigenvalue weighted by Crippen LogP contribution is -2.48. The Morgan fingerprint density at radius 3 is 2.53 bits per heavy atom. The number of nitriles is 1. The molecule has 2 saturated heterocycles. The van der Waals surface area contributed by atoms with E-state index in [1.807, 2.05) is 0 Å². The summed E-state index contributed by atoms with van der Waals surface area (Å²) in [5.41, 5.74) is 0. The number of rotatable bonds is 3. The fourth-order valence-electron chi connectivity index (χ4n) is 2.31. The van der Waals surface area contributed by atoms with Gasteiger partial charge in [0.1, 0.15) is 0 Å². The monoisotopic (exact) mass is 209 g/mol. The molecular weight excluding hydrogens is 190 g/mol. The van der Waals surface area contributed by atoms with Crippen molar-refractivity contribution < 1.29 is 4.74 Å². The molecule has 1 unspecified atom stereocenters. The highest BCUT2D eigenvalue weighted by molar-refractivity contribution is 4.82. The van der Waals surface area contributed by atoms with Crippen molar-refractivity contribution in [2.45, 2.75) is 18.9 Å². The minimum Gasteiger partial charge on any atom is -0.377 e. The van der Waals surface area contributed by atoms with Gasteiger partial charge in [-0.3, -0.25) is 9.80 Å². The normalized spacial score (nSPS) is 29.1. The predicted octanol–water partition coefficient (Wildman–Crippen LogP) is 0.307. The summed E-state index contributed by atoms with van der Waals surface area (Å²) < 4.78 is 5.62. The smallest absolute Gasteiger partial charge is 0.0866 e. The number of ether oxygens (including phenoxy) is 1. The van der Waals surface area contributed by atoms with Crippen molar-refractivity contribution in [2.24, 2.45) is 0 Å². The third-order valence-electron chi connectivity index (χ3n) is 3.25. The number of piperazine rings is 1. The van der Waals surface area contributed by atoms with Crippen LogP contribution < -0.4 is 0 Å². The van der Waals surface area contributed by atoms with E-state index in [9.17, 15) is 0 Å². The van der Waals surface area contributed by atoms with Gasteiger partial charge in [0.25, 0.3) is 0 Å². The molecule has 0 aromatic heterocycles. The van der Waals surface area contributed by atoms with Crippen LogP contribution in [-0.4, -0.2) is 61.8 Å². The van der Waals surface area contributed by atoms with E-state index in [2.05, 4.69) is 15.9 Å².